The van der Waals surface area contributed by atoms with E-state index in [-0.39, 0.29) is 30.7 Å². The molecule has 3 rings (SSSR count). The molecule has 7 nitrogen and oxygen atoms in total. The topological polar surface area (TPSA) is 114 Å². The molecule has 0 amide bonds. The van der Waals surface area contributed by atoms with Gasteiger partial charge in [0.15, 0.2) is 0 Å². The number of nitrogens with two attached hydrogens (primary N) is 2. The molecule has 1 aliphatic carbocycles. The van der Waals surface area contributed by atoms with Gasteiger partial charge in [0.05, 0.1) is 18.3 Å². The van der Waals surface area contributed by atoms with Gasteiger partial charge in [-0.3, -0.25) is 0 Å². The summed E-state index contributed by atoms with van der Waals surface area (Å²) in [6.45, 7) is 2.15. The van der Waals surface area contributed by atoms with Crippen molar-refractivity contribution in [2.45, 2.75) is 50.7 Å². The molecule has 1 aliphatic rings. The largest absolute Gasteiger partial charge is 0.462 e. The second kappa shape index (κ2) is 11.5. The van der Waals surface area contributed by atoms with Crippen molar-refractivity contribution in [1.82, 2.24) is 0 Å². The summed E-state index contributed by atoms with van der Waals surface area (Å²) in [6.07, 6.45) is 6.64. The van der Waals surface area contributed by atoms with E-state index in [0.717, 1.165) is 36.8 Å². The van der Waals surface area contributed by atoms with Gasteiger partial charge < -0.3 is 25.7 Å². The SMILES string of the molecule is COC1CCC(OC(=O)c2ccc(/C=C/C(=O)OCC(C)c3cc(N)cc(N)c3)cc2)CC1. The predicted molar refractivity (Wildman–Crippen MR) is 129 cm³/mol. The summed E-state index contributed by atoms with van der Waals surface area (Å²) in [6, 6.07) is 12.2. The van der Waals surface area contributed by atoms with Gasteiger partial charge in [-0.25, -0.2) is 9.59 Å². The maximum atomic E-state index is 12.4. The Labute approximate surface area is 194 Å². The molecule has 1 unspecified atom stereocenters. The van der Waals surface area contributed by atoms with Crippen LogP contribution in [0.5, 0.6) is 0 Å². The average Bonchev–Trinajstić information content (AvgIpc) is 2.81. The summed E-state index contributed by atoms with van der Waals surface area (Å²) in [5, 5.41) is 0. The van der Waals surface area contributed by atoms with Crippen molar-refractivity contribution in [3.8, 4) is 0 Å². The van der Waals surface area contributed by atoms with E-state index in [4.69, 9.17) is 25.7 Å². The van der Waals surface area contributed by atoms with E-state index in [9.17, 15) is 9.59 Å². The van der Waals surface area contributed by atoms with Gasteiger partial charge in [-0.15, -0.1) is 0 Å². The van der Waals surface area contributed by atoms with Crippen LogP contribution in [-0.4, -0.2) is 37.9 Å². The molecular formula is C26H32N2O5. The van der Waals surface area contributed by atoms with E-state index < -0.39 is 5.97 Å². The Morgan fingerprint density at radius 3 is 2.21 bits per heavy atom. The third kappa shape index (κ3) is 7.36. The first-order valence-corrected chi connectivity index (χ1v) is 11.2. The van der Waals surface area contributed by atoms with Crippen LogP contribution in [0, 0.1) is 0 Å². The molecule has 7 heteroatoms. The summed E-state index contributed by atoms with van der Waals surface area (Å²) < 4.78 is 16.3. The number of ether oxygens (including phenoxy) is 3. The summed E-state index contributed by atoms with van der Waals surface area (Å²) >= 11 is 0. The molecule has 1 fully saturated rings. The minimum absolute atomic E-state index is 0.0389. The van der Waals surface area contributed by atoms with Crippen molar-refractivity contribution in [2.75, 3.05) is 25.2 Å². The number of anilines is 2. The Balaban J connectivity index is 1.46. The number of benzene rings is 2. The summed E-state index contributed by atoms with van der Waals surface area (Å²) in [5.41, 5.74) is 15.0. The zero-order valence-electron chi connectivity index (χ0n) is 19.2. The summed E-state index contributed by atoms with van der Waals surface area (Å²) in [5.74, 6) is -0.821. The Morgan fingerprint density at radius 2 is 1.61 bits per heavy atom. The van der Waals surface area contributed by atoms with Crippen molar-refractivity contribution in [3.05, 3.63) is 65.2 Å². The predicted octanol–water partition coefficient (Wildman–Crippen LogP) is 4.33. The van der Waals surface area contributed by atoms with Gasteiger partial charge >= 0.3 is 11.9 Å². The highest BCUT2D eigenvalue weighted by molar-refractivity contribution is 5.90. The molecule has 0 aliphatic heterocycles. The van der Waals surface area contributed by atoms with Crippen molar-refractivity contribution >= 4 is 29.4 Å². The van der Waals surface area contributed by atoms with Crippen LogP contribution in [0.2, 0.25) is 0 Å². The van der Waals surface area contributed by atoms with Crippen LogP contribution in [0.15, 0.2) is 48.5 Å². The first-order valence-electron chi connectivity index (χ1n) is 11.2. The molecule has 2 aromatic rings. The molecule has 0 saturated heterocycles. The number of methoxy groups -OCH3 is 1. The fourth-order valence-electron chi connectivity index (χ4n) is 3.84. The van der Waals surface area contributed by atoms with Crippen LogP contribution in [0.1, 0.15) is 60.0 Å². The van der Waals surface area contributed by atoms with E-state index in [1.807, 2.05) is 19.1 Å². The van der Waals surface area contributed by atoms with E-state index in [2.05, 4.69) is 0 Å². The first kappa shape index (κ1) is 24.3. The van der Waals surface area contributed by atoms with E-state index >= 15 is 0 Å². The lowest BCUT2D eigenvalue weighted by Crippen LogP contribution is -2.27. The van der Waals surface area contributed by atoms with E-state index in [1.54, 1.807) is 43.5 Å². The fourth-order valence-corrected chi connectivity index (χ4v) is 3.84. The number of carbonyl (C=O) groups excluding carboxylic acids is 2. The van der Waals surface area contributed by atoms with Gasteiger partial charge in [0.1, 0.15) is 6.10 Å². The molecule has 1 saturated carbocycles. The Kier molecular flexibility index (Phi) is 8.49. The highest BCUT2D eigenvalue weighted by atomic mass is 16.5. The number of hydrogen-bond donors (Lipinski definition) is 2. The molecule has 1 atom stereocenters. The Bertz CT molecular complexity index is 958. The fraction of sp³-hybridized carbons (Fsp3) is 0.385. The van der Waals surface area contributed by atoms with Crippen LogP contribution in [0.25, 0.3) is 6.08 Å². The molecule has 33 heavy (non-hydrogen) atoms. The monoisotopic (exact) mass is 452 g/mol. The number of nitrogen functional groups attached to an aromatic ring is 2. The van der Waals surface area contributed by atoms with Crippen LogP contribution in [0.3, 0.4) is 0 Å². The zero-order valence-corrected chi connectivity index (χ0v) is 19.2. The van der Waals surface area contributed by atoms with E-state index in [1.165, 1.54) is 6.08 Å². The summed E-state index contributed by atoms with van der Waals surface area (Å²) in [7, 11) is 1.71. The number of carbonyl (C=O) groups is 2. The molecule has 0 bridgehead atoms. The quantitative estimate of drug-likeness (QED) is 0.348. The lowest BCUT2D eigenvalue weighted by molar-refractivity contribution is -0.138. The molecular weight excluding hydrogens is 420 g/mol. The highest BCUT2D eigenvalue weighted by Gasteiger charge is 2.24. The van der Waals surface area contributed by atoms with Crippen molar-refractivity contribution in [1.29, 1.82) is 0 Å². The van der Waals surface area contributed by atoms with Gasteiger partial charge in [-0.1, -0.05) is 19.1 Å². The Morgan fingerprint density at radius 1 is 1.00 bits per heavy atom. The smallest absolute Gasteiger partial charge is 0.338 e. The molecule has 0 aromatic heterocycles. The first-order chi connectivity index (χ1) is 15.8. The molecule has 0 heterocycles. The number of hydrogen-bond acceptors (Lipinski definition) is 7. The molecule has 176 valence electrons. The van der Waals surface area contributed by atoms with Crippen molar-refractivity contribution < 1.29 is 23.8 Å². The minimum Gasteiger partial charge on any atom is -0.462 e. The van der Waals surface area contributed by atoms with Gasteiger partial charge in [-0.2, -0.15) is 0 Å². The number of esters is 2. The lowest BCUT2D eigenvalue weighted by Gasteiger charge is -2.27. The third-order valence-corrected chi connectivity index (χ3v) is 5.83. The standard InChI is InChI=1S/C26H32N2O5/c1-17(20-13-21(27)15-22(28)14-20)16-32-25(29)12-5-18-3-6-19(7-4-18)26(30)33-24-10-8-23(31-2)9-11-24/h3-7,12-15,17,23-24H,8-11,16,27-28H2,1-2H3/b12-5+. The second-order valence-electron chi connectivity index (χ2n) is 8.46. The minimum atomic E-state index is -0.450. The average molecular weight is 453 g/mol. The number of rotatable bonds is 8. The Hall–Kier alpha value is -3.32. The molecule has 4 N–H and O–H groups in total. The van der Waals surface area contributed by atoms with Gasteiger partial charge in [-0.05, 0) is 73.2 Å². The van der Waals surface area contributed by atoms with Crippen LogP contribution >= 0.6 is 0 Å². The van der Waals surface area contributed by atoms with Crippen molar-refractivity contribution in [3.63, 3.8) is 0 Å². The normalized spacial score (nSPS) is 19.2. The van der Waals surface area contributed by atoms with Crippen LogP contribution in [-0.2, 0) is 19.0 Å². The van der Waals surface area contributed by atoms with E-state index in [0.29, 0.717) is 16.9 Å². The third-order valence-electron chi connectivity index (χ3n) is 5.83. The molecule has 2 aromatic carbocycles. The van der Waals surface area contributed by atoms with Crippen LogP contribution < -0.4 is 11.5 Å². The molecule has 0 spiro atoms. The highest BCUT2D eigenvalue weighted by Crippen LogP contribution is 2.24. The maximum absolute atomic E-state index is 12.4. The van der Waals surface area contributed by atoms with Crippen molar-refractivity contribution in [2.24, 2.45) is 0 Å². The summed E-state index contributed by atoms with van der Waals surface area (Å²) in [4.78, 5) is 24.5. The van der Waals surface area contributed by atoms with Gasteiger partial charge in [0.2, 0.25) is 0 Å². The molecule has 0 radical (unpaired) electrons. The van der Waals surface area contributed by atoms with Gasteiger partial charge in [0.25, 0.3) is 0 Å². The van der Waals surface area contributed by atoms with Crippen LogP contribution in [0.4, 0.5) is 11.4 Å². The maximum Gasteiger partial charge on any atom is 0.338 e. The van der Waals surface area contributed by atoms with Gasteiger partial charge in [0, 0.05) is 30.5 Å². The second-order valence-corrected chi connectivity index (χ2v) is 8.46. The zero-order chi connectivity index (χ0) is 23.8. The lowest BCUT2D eigenvalue weighted by atomic mass is 9.95.